The number of hydrogen-bond acceptors (Lipinski definition) is 3. The molecule has 7 heteroatoms. The number of benzene rings is 2. The smallest absolute Gasteiger partial charge is 0.287 e. The number of hydrogen-bond donors (Lipinski definition) is 2. The summed E-state index contributed by atoms with van der Waals surface area (Å²) >= 11 is 6.08. The monoisotopic (exact) mass is 376 g/mol. The second-order valence-electron chi connectivity index (χ2n) is 6.03. The molecule has 0 aliphatic carbocycles. The van der Waals surface area contributed by atoms with Gasteiger partial charge in [-0.15, -0.1) is 0 Å². The van der Waals surface area contributed by atoms with Crippen molar-refractivity contribution in [3.05, 3.63) is 69.2 Å². The highest BCUT2D eigenvalue weighted by Gasteiger charge is 2.24. The molecule has 0 spiro atoms. The molecule has 2 aromatic carbocycles. The zero-order valence-electron chi connectivity index (χ0n) is 14.7. The first-order valence-corrected chi connectivity index (χ1v) is 9.03. The molecule has 0 aliphatic heterocycles. The van der Waals surface area contributed by atoms with Gasteiger partial charge in [0.05, 0.1) is 22.2 Å². The predicted molar refractivity (Wildman–Crippen MR) is 102 cm³/mol. The molecule has 2 aromatic rings. The van der Waals surface area contributed by atoms with Gasteiger partial charge >= 0.3 is 0 Å². The number of halogens is 1. The third-order valence-electron chi connectivity index (χ3n) is 4.07. The van der Waals surface area contributed by atoms with E-state index in [-0.39, 0.29) is 16.6 Å². The number of carbonyl (C=O) groups excluding carboxylic acids is 1. The van der Waals surface area contributed by atoms with Crippen LogP contribution < -0.4 is 10.6 Å². The SMILES string of the molecule is CCCCC[NH2+][C@H](C(=O)Nc1ccc([N+](=O)[O-])cc1Cl)c1ccccc1. The minimum atomic E-state index is -0.522. The average molecular weight is 377 g/mol. The van der Waals surface area contributed by atoms with Crippen LogP contribution in [0.25, 0.3) is 0 Å². The van der Waals surface area contributed by atoms with Crippen LogP contribution in [-0.4, -0.2) is 17.4 Å². The van der Waals surface area contributed by atoms with Gasteiger partial charge in [0.15, 0.2) is 6.04 Å². The van der Waals surface area contributed by atoms with Crippen LogP contribution in [0, 0.1) is 10.1 Å². The number of carbonyl (C=O) groups is 1. The third kappa shape index (κ3) is 5.54. The lowest BCUT2D eigenvalue weighted by Gasteiger charge is -2.16. The Morgan fingerprint density at radius 1 is 1.23 bits per heavy atom. The van der Waals surface area contributed by atoms with E-state index in [1.807, 2.05) is 35.6 Å². The molecule has 0 saturated heterocycles. The minimum Gasteiger partial charge on any atom is -0.332 e. The fourth-order valence-corrected chi connectivity index (χ4v) is 2.89. The molecule has 0 bridgehead atoms. The molecular weight excluding hydrogens is 354 g/mol. The first kappa shape index (κ1) is 19.9. The second kappa shape index (κ2) is 9.89. The van der Waals surface area contributed by atoms with Crippen molar-refractivity contribution in [3.63, 3.8) is 0 Å². The molecule has 1 amide bonds. The van der Waals surface area contributed by atoms with E-state index in [2.05, 4.69) is 12.2 Å². The molecule has 0 aliphatic rings. The zero-order chi connectivity index (χ0) is 18.9. The van der Waals surface area contributed by atoms with Gasteiger partial charge < -0.3 is 10.6 Å². The summed E-state index contributed by atoms with van der Waals surface area (Å²) in [6, 6.07) is 13.1. The Labute approximate surface area is 157 Å². The standard InChI is InChI=1S/C19H22ClN3O3/c1-2-3-7-12-21-18(14-8-5-4-6-9-14)19(24)22-17-11-10-15(23(25)26)13-16(17)20/h4-6,8-11,13,18,21H,2-3,7,12H2,1H3,(H,22,24)/p+1/t18-/m0/s1. The average Bonchev–Trinajstić information content (AvgIpc) is 2.64. The van der Waals surface area contributed by atoms with Crippen LogP contribution in [0.2, 0.25) is 5.02 Å². The molecule has 0 radical (unpaired) electrons. The fourth-order valence-electron chi connectivity index (χ4n) is 2.66. The van der Waals surface area contributed by atoms with Crippen LogP contribution in [0.15, 0.2) is 48.5 Å². The summed E-state index contributed by atoms with van der Waals surface area (Å²) in [6.07, 6.45) is 3.27. The number of nitrogens with one attached hydrogen (secondary N) is 1. The molecule has 26 heavy (non-hydrogen) atoms. The summed E-state index contributed by atoms with van der Waals surface area (Å²) in [4.78, 5) is 23.1. The van der Waals surface area contributed by atoms with E-state index in [9.17, 15) is 14.9 Å². The number of unbranched alkanes of at least 4 members (excludes halogenated alkanes) is 2. The summed E-state index contributed by atoms with van der Waals surface area (Å²) in [5, 5.41) is 15.8. The number of nitrogens with zero attached hydrogens (tertiary/aromatic N) is 1. The van der Waals surface area contributed by atoms with Gasteiger partial charge in [0, 0.05) is 17.7 Å². The van der Waals surface area contributed by atoms with Gasteiger partial charge in [-0.25, -0.2) is 0 Å². The molecule has 0 aromatic heterocycles. The van der Waals surface area contributed by atoms with Crippen molar-refractivity contribution >= 4 is 28.9 Å². The lowest BCUT2D eigenvalue weighted by Crippen LogP contribution is -2.87. The van der Waals surface area contributed by atoms with Crippen LogP contribution in [0.1, 0.15) is 37.8 Å². The number of nitrogens with two attached hydrogens (primary N) is 1. The number of amides is 1. The first-order valence-electron chi connectivity index (χ1n) is 8.66. The molecule has 6 nitrogen and oxygen atoms in total. The molecule has 1 atom stereocenters. The number of rotatable bonds is 9. The van der Waals surface area contributed by atoms with Crippen molar-refractivity contribution in [2.24, 2.45) is 0 Å². The molecule has 0 unspecified atom stereocenters. The summed E-state index contributed by atoms with van der Waals surface area (Å²) in [5.74, 6) is -0.205. The lowest BCUT2D eigenvalue weighted by molar-refractivity contribution is -0.682. The van der Waals surface area contributed by atoms with Crippen LogP contribution in [0.4, 0.5) is 11.4 Å². The van der Waals surface area contributed by atoms with Crippen LogP contribution in [-0.2, 0) is 4.79 Å². The van der Waals surface area contributed by atoms with Gasteiger partial charge in [0.2, 0.25) is 0 Å². The van der Waals surface area contributed by atoms with Gasteiger partial charge in [-0.3, -0.25) is 14.9 Å². The summed E-state index contributed by atoms with van der Waals surface area (Å²) in [7, 11) is 0. The van der Waals surface area contributed by atoms with Crippen molar-refractivity contribution < 1.29 is 15.0 Å². The number of anilines is 1. The predicted octanol–water partition coefficient (Wildman–Crippen LogP) is 3.68. The van der Waals surface area contributed by atoms with E-state index in [0.717, 1.165) is 31.4 Å². The van der Waals surface area contributed by atoms with Gasteiger partial charge in [-0.2, -0.15) is 0 Å². The van der Waals surface area contributed by atoms with Crippen molar-refractivity contribution in [2.45, 2.75) is 32.2 Å². The molecule has 138 valence electrons. The van der Waals surface area contributed by atoms with E-state index < -0.39 is 11.0 Å². The van der Waals surface area contributed by atoms with Crippen molar-refractivity contribution in [1.82, 2.24) is 0 Å². The Bertz CT molecular complexity index is 753. The summed E-state index contributed by atoms with van der Waals surface area (Å²) in [6.45, 7) is 2.98. The maximum absolute atomic E-state index is 12.8. The Kier molecular flexibility index (Phi) is 7.56. The maximum atomic E-state index is 12.8. The molecule has 3 N–H and O–H groups in total. The number of quaternary nitrogens is 1. The number of nitro groups is 1. The topological polar surface area (TPSA) is 88.8 Å². The fraction of sp³-hybridized carbons (Fsp3) is 0.316. The Morgan fingerprint density at radius 3 is 2.58 bits per heavy atom. The van der Waals surface area contributed by atoms with E-state index >= 15 is 0 Å². The third-order valence-corrected chi connectivity index (χ3v) is 4.39. The van der Waals surface area contributed by atoms with Gasteiger partial charge in [0.1, 0.15) is 0 Å². The van der Waals surface area contributed by atoms with E-state index in [1.54, 1.807) is 0 Å². The van der Waals surface area contributed by atoms with Crippen LogP contribution in [0.5, 0.6) is 0 Å². The molecule has 0 heterocycles. The highest BCUT2D eigenvalue weighted by molar-refractivity contribution is 6.34. The number of non-ortho nitro benzene ring substituents is 1. The normalized spacial score (nSPS) is 11.8. The van der Waals surface area contributed by atoms with Crippen LogP contribution >= 0.6 is 11.6 Å². The van der Waals surface area contributed by atoms with Crippen molar-refractivity contribution in [2.75, 3.05) is 11.9 Å². The highest BCUT2D eigenvalue weighted by Crippen LogP contribution is 2.27. The second-order valence-corrected chi connectivity index (χ2v) is 6.44. The maximum Gasteiger partial charge on any atom is 0.287 e. The minimum absolute atomic E-state index is 0.112. The quantitative estimate of drug-likeness (QED) is 0.397. The van der Waals surface area contributed by atoms with E-state index in [0.29, 0.717) is 5.69 Å². The summed E-state index contributed by atoms with van der Waals surface area (Å²) in [5.41, 5.74) is 1.16. The summed E-state index contributed by atoms with van der Waals surface area (Å²) < 4.78 is 0. The molecule has 0 fully saturated rings. The highest BCUT2D eigenvalue weighted by atomic mass is 35.5. The van der Waals surface area contributed by atoms with E-state index in [4.69, 9.17) is 11.6 Å². The number of nitro benzene ring substituents is 1. The van der Waals surface area contributed by atoms with Gasteiger partial charge in [-0.05, 0) is 18.9 Å². The van der Waals surface area contributed by atoms with Crippen LogP contribution in [0.3, 0.4) is 0 Å². The Morgan fingerprint density at radius 2 is 1.96 bits per heavy atom. The van der Waals surface area contributed by atoms with Crippen molar-refractivity contribution in [1.29, 1.82) is 0 Å². The first-order chi connectivity index (χ1) is 12.5. The van der Waals surface area contributed by atoms with Crippen molar-refractivity contribution in [3.8, 4) is 0 Å². The Hall–Kier alpha value is -2.44. The molecule has 0 saturated carbocycles. The zero-order valence-corrected chi connectivity index (χ0v) is 15.4. The van der Waals surface area contributed by atoms with Gasteiger partial charge in [0.25, 0.3) is 11.6 Å². The largest absolute Gasteiger partial charge is 0.332 e. The van der Waals surface area contributed by atoms with Gasteiger partial charge in [-0.1, -0.05) is 55.3 Å². The van der Waals surface area contributed by atoms with E-state index in [1.165, 1.54) is 18.2 Å². The lowest BCUT2D eigenvalue weighted by atomic mass is 10.1. The molecule has 2 rings (SSSR count). The molecular formula is C19H23ClN3O3+. The Balaban J connectivity index is 2.14.